The van der Waals surface area contributed by atoms with Crippen LogP contribution in [-0.4, -0.2) is 46.4 Å². The number of aliphatic carboxylic acids is 1. The molecule has 3 rings (SSSR count). The van der Waals surface area contributed by atoms with Crippen molar-refractivity contribution >= 4 is 28.3 Å². The lowest BCUT2D eigenvalue weighted by atomic mass is 9.87. The first-order chi connectivity index (χ1) is 13.7. The molecule has 1 aromatic carbocycles. The summed E-state index contributed by atoms with van der Waals surface area (Å²) in [4.78, 5) is 30.9. The molecule has 0 amide bonds. The van der Waals surface area contributed by atoms with Gasteiger partial charge >= 0.3 is 5.97 Å². The monoisotopic (exact) mass is 397 g/mol. The molecule has 29 heavy (non-hydrogen) atoms. The number of piperidine rings is 1. The third-order valence-electron chi connectivity index (χ3n) is 6.12. The number of benzene rings is 1. The van der Waals surface area contributed by atoms with E-state index in [9.17, 15) is 14.7 Å². The predicted octanol–water partition coefficient (Wildman–Crippen LogP) is 3.91. The number of aryl methyl sites for hydroxylation is 1. The van der Waals surface area contributed by atoms with Crippen LogP contribution in [0.3, 0.4) is 0 Å². The molecule has 6 heteroatoms. The Morgan fingerprint density at radius 2 is 2.00 bits per heavy atom. The summed E-state index contributed by atoms with van der Waals surface area (Å²) in [5, 5.41) is 10.2. The van der Waals surface area contributed by atoms with Crippen molar-refractivity contribution in [3.05, 3.63) is 35.5 Å². The van der Waals surface area contributed by atoms with Crippen LogP contribution in [0, 0.1) is 18.3 Å². The van der Waals surface area contributed by atoms with E-state index >= 15 is 0 Å². The number of nitrogen functional groups attached to an aromatic ring is 1. The van der Waals surface area contributed by atoms with Crippen LogP contribution in [-0.2, 0) is 4.79 Å². The lowest BCUT2D eigenvalue weighted by Crippen LogP contribution is -2.43. The van der Waals surface area contributed by atoms with Crippen molar-refractivity contribution < 1.29 is 14.7 Å². The van der Waals surface area contributed by atoms with Crippen LogP contribution in [0.25, 0.3) is 10.9 Å². The number of hydrogen-bond acceptors (Lipinski definition) is 5. The number of nitrogens with zero attached hydrogens (tertiary/aromatic N) is 2. The van der Waals surface area contributed by atoms with E-state index in [1.165, 1.54) is 0 Å². The van der Waals surface area contributed by atoms with E-state index in [2.05, 4.69) is 9.88 Å². The number of carboxylic acids is 1. The van der Waals surface area contributed by atoms with Crippen molar-refractivity contribution in [3.8, 4) is 0 Å². The van der Waals surface area contributed by atoms with Gasteiger partial charge in [-0.15, -0.1) is 0 Å². The Bertz CT molecular complexity index is 915. The molecule has 2 aromatic rings. The highest BCUT2D eigenvalue weighted by molar-refractivity contribution is 6.09. The second kappa shape index (κ2) is 8.49. The number of hydrogen-bond donors (Lipinski definition) is 2. The topological polar surface area (TPSA) is 96.5 Å². The number of ketones is 1. The van der Waals surface area contributed by atoms with Crippen LogP contribution in [0.5, 0.6) is 0 Å². The summed E-state index contributed by atoms with van der Waals surface area (Å²) in [7, 11) is 0. The Hall–Kier alpha value is -2.47. The van der Waals surface area contributed by atoms with E-state index < -0.39 is 11.4 Å². The Balaban J connectivity index is 1.58. The van der Waals surface area contributed by atoms with Gasteiger partial charge in [0, 0.05) is 35.8 Å². The molecule has 6 nitrogen and oxygen atoms in total. The van der Waals surface area contributed by atoms with Gasteiger partial charge in [0.15, 0.2) is 5.78 Å². The summed E-state index contributed by atoms with van der Waals surface area (Å²) in [6.07, 6.45) is 5.06. The van der Waals surface area contributed by atoms with Gasteiger partial charge in [0.05, 0.1) is 10.9 Å². The van der Waals surface area contributed by atoms with Crippen LogP contribution in [0.4, 0.5) is 5.69 Å². The summed E-state index contributed by atoms with van der Waals surface area (Å²) in [6.45, 7) is 7.81. The first kappa shape index (κ1) is 21.2. The summed E-state index contributed by atoms with van der Waals surface area (Å²) in [5.41, 5.74) is 8.36. The predicted molar refractivity (Wildman–Crippen MR) is 115 cm³/mol. The van der Waals surface area contributed by atoms with Gasteiger partial charge in [-0.25, -0.2) is 0 Å². The van der Waals surface area contributed by atoms with Crippen molar-refractivity contribution in [2.45, 2.75) is 46.5 Å². The highest BCUT2D eigenvalue weighted by Gasteiger charge is 2.31. The fourth-order valence-electron chi connectivity index (χ4n) is 4.15. The number of carbonyl (C=O) groups is 2. The molecule has 1 fully saturated rings. The molecule has 0 saturated carbocycles. The molecule has 0 aliphatic carbocycles. The third-order valence-corrected chi connectivity index (χ3v) is 6.12. The van der Waals surface area contributed by atoms with Crippen molar-refractivity contribution in [2.24, 2.45) is 11.3 Å². The summed E-state index contributed by atoms with van der Waals surface area (Å²) in [5.74, 6) is -0.145. The van der Waals surface area contributed by atoms with Crippen molar-refractivity contribution in [1.29, 1.82) is 0 Å². The molecule has 0 unspecified atom stereocenters. The van der Waals surface area contributed by atoms with Crippen LogP contribution in [0.1, 0.15) is 55.5 Å². The van der Waals surface area contributed by atoms with Crippen LogP contribution in [0.2, 0.25) is 0 Å². The van der Waals surface area contributed by atoms with Crippen LogP contribution < -0.4 is 5.73 Å². The van der Waals surface area contributed by atoms with E-state index in [-0.39, 0.29) is 5.78 Å². The van der Waals surface area contributed by atoms with Gasteiger partial charge in [0.1, 0.15) is 0 Å². The number of anilines is 1. The fraction of sp³-hybridized carbons (Fsp3) is 0.522. The molecule has 0 spiro atoms. The van der Waals surface area contributed by atoms with E-state index in [4.69, 9.17) is 5.73 Å². The zero-order valence-electron chi connectivity index (χ0n) is 17.6. The second-order valence-corrected chi connectivity index (χ2v) is 8.92. The molecular formula is C23H31N3O3. The van der Waals surface area contributed by atoms with Crippen molar-refractivity contribution in [3.63, 3.8) is 0 Å². The maximum Gasteiger partial charge on any atom is 0.310 e. The number of pyridine rings is 1. The molecule has 156 valence electrons. The Morgan fingerprint density at radius 1 is 1.31 bits per heavy atom. The van der Waals surface area contributed by atoms with Gasteiger partial charge in [-0.05, 0) is 82.8 Å². The standard InChI is InChI=1S/C23H31N3O3/c1-15-13-18(21-17(20(15)24)5-4-10-25-21)19(27)7-6-16-8-11-26(12-9-16)14-23(2,3)22(28)29/h4-5,10,13,16H,6-9,11-12,14,24H2,1-3H3,(H,28,29). The number of Topliss-reactive ketones (excluding diaryl/α,β-unsaturated/α-hetero) is 1. The maximum absolute atomic E-state index is 12.9. The number of carboxylic acid groups (broad SMARTS) is 1. The molecular weight excluding hydrogens is 366 g/mol. The highest BCUT2D eigenvalue weighted by atomic mass is 16.4. The number of aromatic nitrogens is 1. The maximum atomic E-state index is 12.9. The molecule has 2 heterocycles. The number of likely N-dealkylation sites (tertiary alicyclic amines) is 1. The average Bonchev–Trinajstić information content (AvgIpc) is 2.69. The van der Waals surface area contributed by atoms with Gasteiger partial charge in [0.25, 0.3) is 0 Å². The van der Waals surface area contributed by atoms with E-state index in [1.54, 1.807) is 20.0 Å². The summed E-state index contributed by atoms with van der Waals surface area (Å²) in [6, 6.07) is 5.62. The van der Waals surface area contributed by atoms with Crippen LogP contribution >= 0.6 is 0 Å². The molecule has 0 atom stereocenters. The van der Waals surface area contributed by atoms with E-state index in [0.717, 1.165) is 43.3 Å². The first-order valence-corrected chi connectivity index (χ1v) is 10.3. The number of carbonyl (C=O) groups excluding carboxylic acids is 1. The lowest BCUT2D eigenvalue weighted by Gasteiger charge is -2.35. The van der Waals surface area contributed by atoms with Gasteiger partial charge in [0.2, 0.25) is 0 Å². The zero-order valence-corrected chi connectivity index (χ0v) is 17.6. The van der Waals surface area contributed by atoms with Gasteiger partial charge < -0.3 is 15.7 Å². The number of nitrogens with two attached hydrogens (primary N) is 1. The molecule has 1 saturated heterocycles. The van der Waals surface area contributed by atoms with E-state index in [0.29, 0.717) is 35.7 Å². The molecule has 3 N–H and O–H groups in total. The average molecular weight is 398 g/mol. The van der Waals surface area contributed by atoms with Gasteiger partial charge in [-0.3, -0.25) is 14.6 Å². The van der Waals surface area contributed by atoms with Crippen molar-refractivity contribution in [1.82, 2.24) is 9.88 Å². The number of rotatable bonds is 7. The Morgan fingerprint density at radius 3 is 2.66 bits per heavy atom. The third kappa shape index (κ3) is 4.75. The van der Waals surface area contributed by atoms with Gasteiger partial charge in [-0.1, -0.05) is 0 Å². The minimum Gasteiger partial charge on any atom is -0.481 e. The zero-order chi connectivity index (χ0) is 21.2. The second-order valence-electron chi connectivity index (χ2n) is 8.92. The minimum absolute atomic E-state index is 0.117. The summed E-state index contributed by atoms with van der Waals surface area (Å²) >= 11 is 0. The highest BCUT2D eigenvalue weighted by Crippen LogP contribution is 2.29. The molecule has 0 bridgehead atoms. The first-order valence-electron chi connectivity index (χ1n) is 10.3. The fourth-order valence-corrected chi connectivity index (χ4v) is 4.15. The smallest absolute Gasteiger partial charge is 0.310 e. The lowest BCUT2D eigenvalue weighted by molar-refractivity contribution is -0.148. The minimum atomic E-state index is -0.759. The molecule has 1 aromatic heterocycles. The largest absolute Gasteiger partial charge is 0.481 e. The van der Waals surface area contributed by atoms with Crippen LogP contribution in [0.15, 0.2) is 24.4 Å². The normalized spacial score (nSPS) is 16.2. The van der Waals surface area contributed by atoms with E-state index in [1.807, 2.05) is 25.1 Å². The SMILES string of the molecule is Cc1cc(C(=O)CCC2CCN(CC(C)(C)C(=O)O)CC2)c2ncccc2c1N. The quantitative estimate of drug-likeness (QED) is 0.543. The molecule has 1 aliphatic rings. The van der Waals surface area contributed by atoms with Crippen molar-refractivity contribution in [2.75, 3.05) is 25.4 Å². The molecule has 0 radical (unpaired) electrons. The summed E-state index contributed by atoms with van der Waals surface area (Å²) < 4.78 is 0. The molecule has 1 aliphatic heterocycles. The number of fused-ring (bicyclic) bond motifs is 1. The van der Waals surface area contributed by atoms with Gasteiger partial charge in [-0.2, -0.15) is 0 Å². The Kier molecular flexibility index (Phi) is 6.22. The Labute approximate surface area is 172 Å².